The molecule has 0 aliphatic carbocycles. The van der Waals surface area contributed by atoms with Crippen LogP contribution in [0.5, 0.6) is 11.5 Å². The number of carbonyl (C=O) groups is 1. The smallest absolute Gasteiger partial charge is 0.252 e. The van der Waals surface area contributed by atoms with Gasteiger partial charge in [-0.15, -0.1) is 0 Å². The van der Waals surface area contributed by atoms with E-state index in [2.05, 4.69) is 5.32 Å². The van der Waals surface area contributed by atoms with Gasteiger partial charge in [0.1, 0.15) is 11.5 Å². The summed E-state index contributed by atoms with van der Waals surface area (Å²) in [7, 11) is -0.271. The van der Waals surface area contributed by atoms with Crippen LogP contribution in [0.25, 0.3) is 11.1 Å². The molecule has 0 saturated carbocycles. The largest absolute Gasteiger partial charge is 0.497 e. The van der Waals surface area contributed by atoms with Crippen LogP contribution in [0, 0.1) is 0 Å². The van der Waals surface area contributed by atoms with Gasteiger partial charge in [-0.2, -0.15) is 0 Å². The molecule has 5 aromatic rings. The van der Waals surface area contributed by atoms with E-state index >= 15 is 4.57 Å². The molecule has 7 heteroatoms. The fourth-order valence-corrected chi connectivity index (χ4v) is 7.88. The first-order valence-electron chi connectivity index (χ1n) is 13.5. The van der Waals surface area contributed by atoms with Crippen LogP contribution >= 0.6 is 7.14 Å². The average Bonchev–Trinajstić information content (AvgIpc) is 3.07. The van der Waals surface area contributed by atoms with Gasteiger partial charge in [0.25, 0.3) is 5.91 Å². The quantitative estimate of drug-likeness (QED) is 0.215. The van der Waals surface area contributed by atoms with Crippen molar-refractivity contribution in [1.29, 1.82) is 0 Å². The molecule has 6 nitrogen and oxygen atoms in total. The molecule has 0 heterocycles. The summed E-state index contributed by atoms with van der Waals surface area (Å²) in [5, 5.41) is 14.9. The predicted octanol–water partition coefficient (Wildman–Crippen LogP) is 5.47. The maximum absolute atomic E-state index is 15.5. The zero-order chi connectivity index (χ0) is 29.5. The van der Waals surface area contributed by atoms with E-state index in [1.54, 1.807) is 50.6 Å². The van der Waals surface area contributed by atoms with Crippen molar-refractivity contribution < 1.29 is 23.9 Å². The van der Waals surface area contributed by atoms with E-state index in [9.17, 15) is 9.90 Å². The third-order valence-electron chi connectivity index (χ3n) is 7.27. The molecule has 42 heavy (non-hydrogen) atoms. The van der Waals surface area contributed by atoms with Crippen LogP contribution in [0.2, 0.25) is 0 Å². The molecule has 0 spiro atoms. The molecule has 1 atom stereocenters. The molecule has 0 aliphatic heterocycles. The molecule has 0 fully saturated rings. The van der Waals surface area contributed by atoms with Gasteiger partial charge in [-0.3, -0.25) is 4.79 Å². The summed E-state index contributed by atoms with van der Waals surface area (Å²) in [6, 6.07) is 38.0. The van der Waals surface area contributed by atoms with E-state index in [1.165, 1.54) is 0 Å². The summed E-state index contributed by atoms with van der Waals surface area (Å²) in [6.45, 7) is -0.251. The van der Waals surface area contributed by atoms with Gasteiger partial charge in [-0.05, 0) is 71.3 Å². The summed E-state index contributed by atoms with van der Waals surface area (Å²) in [6.07, 6.45) is 0. The molecule has 0 radical (unpaired) electrons. The van der Waals surface area contributed by atoms with E-state index in [1.807, 2.05) is 91.0 Å². The molecule has 2 N–H and O–H groups in total. The summed E-state index contributed by atoms with van der Waals surface area (Å²) in [5.74, 6) is 0.978. The second-order valence-corrected chi connectivity index (χ2v) is 12.4. The summed E-state index contributed by atoms with van der Waals surface area (Å²) in [4.78, 5) is 13.7. The number of nitrogens with one attached hydrogen (secondary N) is 1. The third-order valence-corrected chi connectivity index (χ3v) is 10.4. The third kappa shape index (κ3) is 5.73. The Morgan fingerprint density at radius 1 is 0.690 bits per heavy atom. The first-order valence-corrected chi connectivity index (χ1v) is 15.2. The Labute approximate surface area is 246 Å². The number of hydrogen-bond donors (Lipinski definition) is 2. The molecular weight excluding hydrogens is 545 g/mol. The van der Waals surface area contributed by atoms with Crippen molar-refractivity contribution in [2.45, 2.75) is 6.04 Å². The second kappa shape index (κ2) is 12.9. The molecule has 212 valence electrons. The number of amides is 1. The zero-order valence-corrected chi connectivity index (χ0v) is 24.3. The van der Waals surface area contributed by atoms with Crippen LogP contribution in [-0.2, 0) is 4.57 Å². The lowest BCUT2D eigenvalue weighted by molar-refractivity contribution is 0.0917. The molecule has 5 aromatic carbocycles. The number of ether oxygens (including phenoxy) is 2. The van der Waals surface area contributed by atoms with Gasteiger partial charge in [0.15, 0.2) is 7.14 Å². The van der Waals surface area contributed by atoms with Crippen molar-refractivity contribution in [3.63, 3.8) is 0 Å². The maximum Gasteiger partial charge on any atom is 0.252 e. The van der Waals surface area contributed by atoms with Gasteiger partial charge in [-0.1, -0.05) is 72.8 Å². The van der Waals surface area contributed by atoms with E-state index < -0.39 is 13.2 Å². The number of rotatable bonds is 10. The molecule has 0 aromatic heterocycles. The number of aliphatic hydroxyl groups excluding tert-OH is 1. The predicted molar refractivity (Wildman–Crippen MR) is 168 cm³/mol. The minimum atomic E-state index is -3.45. The molecule has 5 rings (SSSR count). The monoisotopic (exact) mass is 577 g/mol. The lowest BCUT2D eigenvalue weighted by atomic mass is 9.98. The minimum Gasteiger partial charge on any atom is -0.497 e. The lowest BCUT2D eigenvalue weighted by Crippen LogP contribution is -2.31. The Bertz CT molecular complexity index is 1650. The second-order valence-electron chi connectivity index (χ2n) is 9.69. The molecular formula is C35H32NO5P. The van der Waals surface area contributed by atoms with Crippen molar-refractivity contribution in [1.82, 2.24) is 5.32 Å². The van der Waals surface area contributed by atoms with Crippen LogP contribution in [0.3, 0.4) is 0 Å². The Balaban J connectivity index is 1.65. The number of methoxy groups -OCH3 is 2. The highest BCUT2D eigenvalue weighted by atomic mass is 31.2. The van der Waals surface area contributed by atoms with Crippen LogP contribution in [-0.4, -0.2) is 31.8 Å². The van der Waals surface area contributed by atoms with Crippen molar-refractivity contribution in [3.8, 4) is 22.6 Å². The summed E-state index contributed by atoms with van der Waals surface area (Å²) in [5.41, 5.74) is 2.53. The number of hydrogen-bond acceptors (Lipinski definition) is 5. The molecule has 0 aliphatic rings. The highest BCUT2D eigenvalue weighted by molar-refractivity contribution is 7.85. The van der Waals surface area contributed by atoms with Crippen LogP contribution in [0.4, 0.5) is 0 Å². The van der Waals surface area contributed by atoms with Crippen LogP contribution < -0.4 is 30.7 Å². The molecule has 0 unspecified atom stereocenters. The minimum absolute atomic E-state index is 0.251. The topological polar surface area (TPSA) is 84.9 Å². The van der Waals surface area contributed by atoms with E-state index in [0.717, 1.165) is 5.56 Å². The van der Waals surface area contributed by atoms with Crippen molar-refractivity contribution in [3.05, 3.63) is 139 Å². The Morgan fingerprint density at radius 3 is 1.74 bits per heavy atom. The van der Waals surface area contributed by atoms with Crippen LogP contribution in [0.1, 0.15) is 22.0 Å². The maximum atomic E-state index is 15.5. The molecule has 0 bridgehead atoms. The number of aliphatic hydroxyl groups is 1. The fraction of sp³-hybridized carbons (Fsp3) is 0.114. The van der Waals surface area contributed by atoms with Crippen molar-refractivity contribution in [2.24, 2.45) is 0 Å². The van der Waals surface area contributed by atoms with Gasteiger partial charge in [0.2, 0.25) is 0 Å². The van der Waals surface area contributed by atoms with Crippen molar-refractivity contribution >= 4 is 29.0 Å². The fourth-order valence-electron chi connectivity index (χ4n) is 5.06. The first-order chi connectivity index (χ1) is 20.5. The van der Waals surface area contributed by atoms with Gasteiger partial charge < -0.3 is 24.5 Å². The highest BCUT2D eigenvalue weighted by Gasteiger charge is 2.33. The molecule has 0 saturated heterocycles. The zero-order valence-electron chi connectivity index (χ0n) is 23.4. The normalized spacial score (nSPS) is 11.9. The Hall–Kier alpha value is -4.64. The van der Waals surface area contributed by atoms with Gasteiger partial charge in [-0.25, -0.2) is 0 Å². The van der Waals surface area contributed by atoms with E-state index in [0.29, 0.717) is 44.1 Å². The van der Waals surface area contributed by atoms with Gasteiger partial charge >= 0.3 is 0 Å². The Kier molecular flexibility index (Phi) is 8.87. The summed E-state index contributed by atoms with van der Waals surface area (Å²) >= 11 is 0. The lowest BCUT2D eigenvalue weighted by Gasteiger charge is -2.24. The Morgan fingerprint density at radius 2 is 1.19 bits per heavy atom. The summed E-state index contributed by atoms with van der Waals surface area (Å²) < 4.78 is 26.2. The van der Waals surface area contributed by atoms with Crippen molar-refractivity contribution in [2.75, 3.05) is 20.8 Å². The van der Waals surface area contributed by atoms with Gasteiger partial charge in [0.05, 0.1) is 26.9 Å². The number of carbonyl (C=O) groups excluding carboxylic acids is 1. The van der Waals surface area contributed by atoms with Gasteiger partial charge in [0, 0.05) is 21.5 Å². The van der Waals surface area contributed by atoms with E-state index in [-0.39, 0.29) is 12.5 Å². The SMILES string of the molecule is COc1ccc(P(=O)(c2ccc(OC)cc2)c2ccccc2-c2ccccc2C(=O)N[C@H](CO)c2ccccc2)cc1. The molecule has 1 amide bonds. The average molecular weight is 578 g/mol. The standard InChI is InChI=1S/C35H32NO5P/c1-40-26-16-20-28(21-17-26)42(39,29-22-18-27(41-2)19-23-29)34-15-9-8-13-31(34)30-12-6-7-14-32(30)35(38)36-33(24-37)25-10-4-3-5-11-25/h3-23,33,37H,24H2,1-2H3,(H,36,38)/t33-/m1/s1. The first kappa shape index (κ1) is 28.9. The highest BCUT2D eigenvalue weighted by Crippen LogP contribution is 2.46. The van der Waals surface area contributed by atoms with E-state index in [4.69, 9.17) is 9.47 Å². The number of benzene rings is 5. The van der Waals surface area contributed by atoms with Crippen LogP contribution in [0.15, 0.2) is 127 Å².